The van der Waals surface area contributed by atoms with Gasteiger partial charge in [0.2, 0.25) is 0 Å². The van der Waals surface area contributed by atoms with Crippen molar-refractivity contribution in [2.45, 2.75) is 270 Å². The zero-order chi connectivity index (χ0) is 44.1. The van der Waals surface area contributed by atoms with E-state index >= 15 is 0 Å². The van der Waals surface area contributed by atoms with Crippen LogP contribution in [0.1, 0.15) is 264 Å². The standard InChI is InChI=1S/C51H104NO7P/c1-6-8-10-12-14-16-18-20-21-22-23-24-25-26-27-28-29-30-31-32-33-35-37-39-41-43-46-56-48-50(49-58-60(54,55)57-47-45-52(3,4)5)59-51(53)44-42-40-38-36-34-19-17-15-13-11-9-7-2/h50H,6-49H2,1-5H3. The van der Waals surface area contributed by atoms with Crippen LogP contribution in [0.15, 0.2) is 0 Å². The third-order valence-electron chi connectivity index (χ3n) is 11.9. The van der Waals surface area contributed by atoms with Crippen molar-refractivity contribution in [3.8, 4) is 0 Å². The molecule has 9 heteroatoms. The maximum Gasteiger partial charge on any atom is 0.306 e. The summed E-state index contributed by atoms with van der Waals surface area (Å²) in [6.07, 6.45) is 50.0. The summed E-state index contributed by atoms with van der Waals surface area (Å²) in [5.41, 5.74) is 0. The number of phosphoric ester groups is 1. The molecule has 0 amide bonds. The quantitative estimate of drug-likeness (QED) is 0.0260. The van der Waals surface area contributed by atoms with E-state index in [2.05, 4.69) is 13.8 Å². The molecule has 0 saturated heterocycles. The van der Waals surface area contributed by atoms with E-state index in [1.807, 2.05) is 21.1 Å². The molecule has 0 aliphatic heterocycles. The smallest absolute Gasteiger partial charge is 0.306 e. The van der Waals surface area contributed by atoms with Crippen molar-refractivity contribution in [1.29, 1.82) is 0 Å². The minimum Gasteiger partial charge on any atom is -0.756 e. The molecule has 0 rings (SSSR count). The fourth-order valence-electron chi connectivity index (χ4n) is 7.84. The van der Waals surface area contributed by atoms with Crippen molar-refractivity contribution in [2.24, 2.45) is 0 Å². The number of carbonyl (C=O) groups excluding carboxylic acids is 1. The van der Waals surface area contributed by atoms with E-state index in [0.717, 1.165) is 32.1 Å². The Balaban J connectivity index is 3.95. The molecule has 2 atom stereocenters. The zero-order valence-electron chi connectivity index (χ0n) is 40.9. The topological polar surface area (TPSA) is 94.1 Å². The molecule has 0 aromatic heterocycles. The monoisotopic (exact) mass is 874 g/mol. The van der Waals surface area contributed by atoms with Crippen molar-refractivity contribution >= 4 is 13.8 Å². The normalized spacial score (nSPS) is 13.5. The first-order chi connectivity index (χ1) is 29.1. The summed E-state index contributed by atoms with van der Waals surface area (Å²) < 4.78 is 34.7. The predicted molar refractivity (Wildman–Crippen MR) is 255 cm³/mol. The maximum absolute atomic E-state index is 12.7. The number of carbonyl (C=O) groups is 1. The lowest BCUT2D eigenvalue weighted by Gasteiger charge is -2.28. The molecule has 0 aromatic carbocycles. The van der Waals surface area contributed by atoms with Crippen LogP contribution >= 0.6 is 7.82 Å². The summed E-state index contributed by atoms with van der Waals surface area (Å²) in [5.74, 6) is -0.328. The molecule has 0 aliphatic carbocycles. The Morgan fingerprint density at radius 3 is 1.10 bits per heavy atom. The van der Waals surface area contributed by atoms with Gasteiger partial charge in [-0.05, 0) is 12.8 Å². The minimum atomic E-state index is -4.52. The van der Waals surface area contributed by atoms with Gasteiger partial charge in [0.05, 0.1) is 34.4 Å². The predicted octanol–water partition coefficient (Wildman–Crippen LogP) is 15.4. The second kappa shape index (κ2) is 45.1. The second-order valence-electron chi connectivity index (χ2n) is 19.3. The Morgan fingerprint density at radius 2 is 0.767 bits per heavy atom. The fraction of sp³-hybridized carbons (Fsp3) is 0.980. The van der Waals surface area contributed by atoms with Gasteiger partial charge in [0.25, 0.3) is 7.82 Å². The number of hydrogen-bond donors (Lipinski definition) is 0. The number of ether oxygens (including phenoxy) is 2. The first kappa shape index (κ1) is 59.5. The van der Waals surface area contributed by atoms with E-state index in [9.17, 15) is 14.3 Å². The fourth-order valence-corrected chi connectivity index (χ4v) is 8.57. The summed E-state index contributed by atoms with van der Waals surface area (Å²) in [4.78, 5) is 25.1. The van der Waals surface area contributed by atoms with Gasteiger partial charge in [-0.25, -0.2) is 0 Å². The van der Waals surface area contributed by atoms with E-state index in [0.29, 0.717) is 24.1 Å². The Hall–Kier alpha value is -0.500. The summed E-state index contributed by atoms with van der Waals surface area (Å²) >= 11 is 0. The van der Waals surface area contributed by atoms with Gasteiger partial charge < -0.3 is 27.9 Å². The first-order valence-electron chi connectivity index (χ1n) is 26.3. The highest BCUT2D eigenvalue weighted by atomic mass is 31.2. The largest absolute Gasteiger partial charge is 0.756 e. The number of likely N-dealkylation sites (N-methyl/N-ethyl adjacent to an activating group) is 1. The van der Waals surface area contributed by atoms with Gasteiger partial charge >= 0.3 is 5.97 Å². The highest BCUT2D eigenvalue weighted by Crippen LogP contribution is 2.38. The molecule has 0 aromatic rings. The third-order valence-corrected chi connectivity index (χ3v) is 12.9. The molecular weight excluding hydrogens is 770 g/mol. The van der Waals surface area contributed by atoms with Crippen LogP contribution in [0.4, 0.5) is 0 Å². The van der Waals surface area contributed by atoms with Crippen LogP contribution in [0.25, 0.3) is 0 Å². The Morgan fingerprint density at radius 1 is 0.450 bits per heavy atom. The van der Waals surface area contributed by atoms with Gasteiger partial charge in [0.15, 0.2) is 0 Å². The van der Waals surface area contributed by atoms with E-state index in [-0.39, 0.29) is 25.8 Å². The number of nitrogens with zero attached hydrogens (tertiary/aromatic N) is 1. The minimum absolute atomic E-state index is 0.0315. The molecule has 0 aliphatic rings. The van der Waals surface area contributed by atoms with Crippen LogP contribution in [0.2, 0.25) is 0 Å². The molecule has 0 spiro atoms. The molecule has 2 unspecified atom stereocenters. The van der Waals surface area contributed by atoms with E-state index in [4.69, 9.17) is 18.5 Å². The Kier molecular flexibility index (Phi) is 44.7. The SMILES string of the molecule is CCCCCCCCCCCCCCCCCCCCCCCCCCCCOCC(COP(=O)([O-])OCC[N+](C)(C)C)OC(=O)CCCCCCCCCCCCCC. The van der Waals surface area contributed by atoms with E-state index in [1.54, 1.807) is 0 Å². The van der Waals surface area contributed by atoms with E-state index in [1.165, 1.54) is 212 Å². The summed E-state index contributed by atoms with van der Waals surface area (Å²) in [5, 5.41) is 0. The number of hydrogen-bond acceptors (Lipinski definition) is 7. The van der Waals surface area contributed by atoms with Gasteiger partial charge in [-0.3, -0.25) is 9.36 Å². The van der Waals surface area contributed by atoms with Crippen LogP contribution in [0.3, 0.4) is 0 Å². The van der Waals surface area contributed by atoms with Crippen LogP contribution in [-0.2, 0) is 27.9 Å². The van der Waals surface area contributed by atoms with Crippen LogP contribution in [-0.4, -0.2) is 70.7 Å². The van der Waals surface area contributed by atoms with Crippen molar-refractivity contribution in [3.05, 3.63) is 0 Å². The van der Waals surface area contributed by atoms with E-state index < -0.39 is 13.9 Å². The molecule has 0 fully saturated rings. The first-order valence-corrected chi connectivity index (χ1v) is 27.7. The van der Waals surface area contributed by atoms with Gasteiger partial charge in [-0.2, -0.15) is 0 Å². The molecule has 60 heavy (non-hydrogen) atoms. The molecule has 0 heterocycles. The third kappa shape index (κ3) is 48.5. The van der Waals surface area contributed by atoms with Gasteiger partial charge in [-0.1, -0.05) is 245 Å². The molecule has 0 N–H and O–H groups in total. The van der Waals surface area contributed by atoms with Crippen molar-refractivity contribution in [2.75, 3.05) is 54.1 Å². The average Bonchev–Trinajstić information content (AvgIpc) is 3.20. The molecular formula is C51H104NO7P. The number of esters is 1. The van der Waals surface area contributed by atoms with Crippen molar-refractivity contribution in [1.82, 2.24) is 0 Å². The number of phosphoric acid groups is 1. The zero-order valence-corrected chi connectivity index (χ0v) is 41.8. The summed E-state index contributed by atoms with van der Waals surface area (Å²) in [6.45, 7) is 5.48. The molecule has 8 nitrogen and oxygen atoms in total. The molecule has 0 radical (unpaired) electrons. The second-order valence-corrected chi connectivity index (χ2v) is 20.7. The van der Waals surface area contributed by atoms with Crippen LogP contribution < -0.4 is 4.89 Å². The number of rotatable bonds is 50. The van der Waals surface area contributed by atoms with Crippen molar-refractivity contribution in [3.63, 3.8) is 0 Å². The number of unbranched alkanes of at least 4 members (excludes halogenated alkanes) is 36. The molecule has 0 saturated carbocycles. The van der Waals surface area contributed by atoms with Crippen molar-refractivity contribution < 1.29 is 37.3 Å². The number of quaternary nitrogens is 1. The highest BCUT2D eigenvalue weighted by molar-refractivity contribution is 7.45. The van der Waals surface area contributed by atoms with Crippen LogP contribution in [0, 0.1) is 0 Å². The maximum atomic E-state index is 12.7. The Bertz CT molecular complexity index is 930. The Labute approximate surface area is 374 Å². The summed E-state index contributed by atoms with van der Waals surface area (Å²) in [7, 11) is 1.38. The van der Waals surface area contributed by atoms with Gasteiger partial charge in [0, 0.05) is 13.0 Å². The molecule has 0 bridgehead atoms. The lowest BCUT2D eigenvalue weighted by atomic mass is 10.0. The summed E-state index contributed by atoms with van der Waals surface area (Å²) in [6, 6.07) is 0. The van der Waals surface area contributed by atoms with Crippen LogP contribution in [0.5, 0.6) is 0 Å². The highest BCUT2D eigenvalue weighted by Gasteiger charge is 2.20. The average molecular weight is 874 g/mol. The lowest BCUT2D eigenvalue weighted by molar-refractivity contribution is -0.870. The molecule has 360 valence electrons. The lowest BCUT2D eigenvalue weighted by Crippen LogP contribution is -2.37. The van der Waals surface area contributed by atoms with Gasteiger partial charge in [0.1, 0.15) is 19.3 Å². The van der Waals surface area contributed by atoms with Gasteiger partial charge in [-0.15, -0.1) is 0 Å².